The maximum absolute atomic E-state index is 12.2. The molecule has 0 aliphatic carbocycles. The van der Waals surface area contributed by atoms with Crippen LogP contribution in [0.15, 0.2) is 30.3 Å². The summed E-state index contributed by atoms with van der Waals surface area (Å²) in [6.07, 6.45) is -2.38. The van der Waals surface area contributed by atoms with Gasteiger partial charge < -0.3 is 30.3 Å². The molecule has 0 fully saturated rings. The zero-order valence-electron chi connectivity index (χ0n) is 11.8. The first kappa shape index (κ1) is 15.0. The molecule has 0 amide bonds. The van der Waals surface area contributed by atoms with Crippen LogP contribution in [0.5, 0.6) is 28.7 Å². The van der Waals surface area contributed by atoms with E-state index in [0.29, 0.717) is 5.56 Å². The number of ketones is 1. The second-order valence-corrected chi connectivity index (χ2v) is 5.33. The van der Waals surface area contributed by atoms with Gasteiger partial charge in [0, 0.05) is 18.6 Å². The first-order valence-corrected chi connectivity index (χ1v) is 6.82. The van der Waals surface area contributed by atoms with Crippen LogP contribution in [-0.4, -0.2) is 43.5 Å². The van der Waals surface area contributed by atoms with Gasteiger partial charge in [-0.05, 0) is 17.7 Å². The van der Waals surface area contributed by atoms with Crippen molar-refractivity contribution in [3.8, 4) is 28.7 Å². The molecule has 7 heteroatoms. The second-order valence-electron chi connectivity index (χ2n) is 5.33. The molecule has 0 radical (unpaired) electrons. The van der Waals surface area contributed by atoms with Crippen molar-refractivity contribution in [3.05, 3.63) is 41.5 Å². The zero-order chi connectivity index (χ0) is 16.7. The molecule has 7 nitrogen and oxygen atoms in total. The third-order valence-electron chi connectivity index (χ3n) is 3.69. The molecule has 1 aliphatic rings. The van der Waals surface area contributed by atoms with E-state index < -0.39 is 23.7 Å². The van der Waals surface area contributed by atoms with Crippen LogP contribution in [0.25, 0.3) is 0 Å². The van der Waals surface area contributed by atoms with E-state index in [2.05, 4.69) is 0 Å². The van der Waals surface area contributed by atoms with Gasteiger partial charge in [-0.2, -0.15) is 0 Å². The van der Waals surface area contributed by atoms with Crippen LogP contribution in [0, 0.1) is 0 Å². The highest BCUT2D eigenvalue weighted by Crippen LogP contribution is 2.38. The predicted molar refractivity (Wildman–Crippen MR) is 78.0 cm³/mol. The number of rotatable bonds is 2. The molecule has 23 heavy (non-hydrogen) atoms. The van der Waals surface area contributed by atoms with Crippen LogP contribution in [-0.2, 0) is 6.42 Å². The number of carbonyl (C=O) groups excluding carboxylic acids is 1. The fourth-order valence-corrected chi connectivity index (χ4v) is 2.55. The molecule has 0 spiro atoms. The molecule has 2 aromatic carbocycles. The first-order chi connectivity index (χ1) is 10.9. The molecule has 0 aromatic heterocycles. The van der Waals surface area contributed by atoms with Gasteiger partial charge in [-0.25, -0.2) is 0 Å². The third kappa shape index (κ3) is 2.62. The van der Waals surface area contributed by atoms with E-state index in [4.69, 9.17) is 4.74 Å². The Labute approximate surface area is 130 Å². The van der Waals surface area contributed by atoms with Crippen molar-refractivity contribution < 1.29 is 35.1 Å². The highest BCUT2D eigenvalue weighted by atomic mass is 16.5. The van der Waals surface area contributed by atoms with Crippen LogP contribution in [0.3, 0.4) is 0 Å². The van der Waals surface area contributed by atoms with E-state index >= 15 is 0 Å². The Hall–Kier alpha value is -2.93. The zero-order valence-corrected chi connectivity index (χ0v) is 11.8. The number of fused-ring (bicyclic) bond motifs is 1. The average Bonchev–Trinajstić information content (AvgIpc) is 2.47. The van der Waals surface area contributed by atoms with Crippen LogP contribution in [0.2, 0.25) is 0 Å². The molecular formula is C16H14O7. The average molecular weight is 318 g/mol. The van der Waals surface area contributed by atoms with Crippen LogP contribution in [0.1, 0.15) is 15.9 Å². The summed E-state index contributed by atoms with van der Waals surface area (Å²) in [5, 5.41) is 48.1. The Morgan fingerprint density at radius 2 is 1.70 bits per heavy atom. The quantitative estimate of drug-likeness (QED) is 0.524. The van der Waals surface area contributed by atoms with Crippen molar-refractivity contribution in [3.63, 3.8) is 0 Å². The molecule has 0 saturated carbocycles. The van der Waals surface area contributed by atoms with E-state index in [1.54, 1.807) is 0 Å². The van der Waals surface area contributed by atoms with E-state index in [0.717, 1.165) is 6.07 Å². The lowest BCUT2D eigenvalue weighted by molar-refractivity contribution is 0.0221. The fourth-order valence-electron chi connectivity index (χ4n) is 2.55. The molecule has 3 rings (SSSR count). The topological polar surface area (TPSA) is 127 Å². The Bertz CT molecular complexity index is 784. The number of benzene rings is 2. The van der Waals surface area contributed by atoms with Crippen molar-refractivity contribution in [1.82, 2.24) is 0 Å². The SMILES string of the molecule is O=C1c2c(O)cc(O)cc2OC(Cc2ccc(O)c(O)c2)C1O. The van der Waals surface area contributed by atoms with Gasteiger partial charge in [0.25, 0.3) is 0 Å². The van der Waals surface area contributed by atoms with Crippen molar-refractivity contribution in [2.75, 3.05) is 0 Å². The second kappa shape index (κ2) is 5.36. The molecule has 2 unspecified atom stereocenters. The minimum Gasteiger partial charge on any atom is -0.508 e. The molecule has 0 saturated heterocycles. The van der Waals surface area contributed by atoms with Gasteiger partial charge in [-0.1, -0.05) is 6.07 Å². The number of aliphatic hydroxyl groups excluding tert-OH is 1. The summed E-state index contributed by atoms with van der Waals surface area (Å²) >= 11 is 0. The summed E-state index contributed by atoms with van der Waals surface area (Å²) in [6.45, 7) is 0. The minimum absolute atomic E-state index is 0.0224. The molecule has 2 atom stereocenters. The van der Waals surface area contributed by atoms with Gasteiger partial charge in [0.05, 0.1) is 0 Å². The van der Waals surface area contributed by atoms with Crippen LogP contribution >= 0.6 is 0 Å². The van der Waals surface area contributed by atoms with Gasteiger partial charge in [0.15, 0.2) is 17.6 Å². The normalized spacial score (nSPS) is 20.0. The van der Waals surface area contributed by atoms with Crippen molar-refractivity contribution in [1.29, 1.82) is 0 Å². The van der Waals surface area contributed by atoms with Gasteiger partial charge in [-0.15, -0.1) is 0 Å². The fraction of sp³-hybridized carbons (Fsp3) is 0.188. The molecule has 5 N–H and O–H groups in total. The summed E-state index contributed by atoms with van der Waals surface area (Å²) < 4.78 is 5.52. The molecular weight excluding hydrogens is 304 g/mol. The number of hydrogen-bond acceptors (Lipinski definition) is 7. The molecule has 2 aromatic rings. The summed E-state index contributed by atoms with van der Waals surface area (Å²) in [7, 11) is 0. The van der Waals surface area contributed by atoms with Gasteiger partial charge in [0.1, 0.15) is 28.9 Å². The molecule has 1 aliphatic heterocycles. The molecule has 1 heterocycles. The molecule has 120 valence electrons. The van der Waals surface area contributed by atoms with Gasteiger partial charge in [0.2, 0.25) is 5.78 Å². The summed E-state index contributed by atoms with van der Waals surface area (Å²) in [4.78, 5) is 12.2. The highest BCUT2D eigenvalue weighted by Gasteiger charge is 2.38. The Morgan fingerprint density at radius 3 is 2.39 bits per heavy atom. The van der Waals surface area contributed by atoms with E-state index in [-0.39, 0.29) is 35.0 Å². The van der Waals surface area contributed by atoms with Crippen LogP contribution < -0.4 is 4.74 Å². The number of phenolic OH excluding ortho intramolecular Hbond substituents is 4. The van der Waals surface area contributed by atoms with E-state index in [9.17, 15) is 30.3 Å². The maximum atomic E-state index is 12.2. The largest absolute Gasteiger partial charge is 0.508 e. The van der Waals surface area contributed by atoms with Crippen LogP contribution in [0.4, 0.5) is 0 Å². The number of phenols is 4. The van der Waals surface area contributed by atoms with Crippen molar-refractivity contribution >= 4 is 5.78 Å². The summed E-state index contributed by atoms with van der Waals surface area (Å²) in [6, 6.07) is 6.27. The number of ether oxygens (including phenoxy) is 1. The lowest BCUT2D eigenvalue weighted by Crippen LogP contribution is -2.43. The number of hydrogen-bond donors (Lipinski definition) is 5. The number of aliphatic hydroxyl groups is 1. The maximum Gasteiger partial charge on any atom is 0.202 e. The summed E-state index contributed by atoms with van der Waals surface area (Å²) in [5.41, 5.74) is 0.352. The van der Waals surface area contributed by atoms with Gasteiger partial charge >= 0.3 is 0 Å². The summed E-state index contributed by atoms with van der Waals surface area (Å²) in [5.74, 6) is -2.08. The monoisotopic (exact) mass is 318 g/mol. The number of carbonyl (C=O) groups is 1. The third-order valence-corrected chi connectivity index (χ3v) is 3.69. The first-order valence-electron chi connectivity index (χ1n) is 6.82. The number of Topliss-reactive ketones (excluding diaryl/α,β-unsaturated/α-hetero) is 1. The Kier molecular flexibility index (Phi) is 3.49. The lowest BCUT2D eigenvalue weighted by atomic mass is 9.93. The standard InChI is InChI=1S/C16H14O7/c17-8-5-11(20)14-12(6-8)23-13(15(21)16(14)22)4-7-1-2-9(18)10(19)3-7/h1-3,5-6,13,15,17-21H,4H2. The minimum atomic E-state index is -1.51. The lowest BCUT2D eigenvalue weighted by Gasteiger charge is -2.30. The van der Waals surface area contributed by atoms with Gasteiger partial charge in [-0.3, -0.25) is 4.79 Å². The Morgan fingerprint density at radius 1 is 0.957 bits per heavy atom. The van der Waals surface area contributed by atoms with E-state index in [1.165, 1.54) is 24.3 Å². The molecule has 0 bridgehead atoms. The smallest absolute Gasteiger partial charge is 0.202 e. The van der Waals surface area contributed by atoms with Crippen molar-refractivity contribution in [2.24, 2.45) is 0 Å². The predicted octanol–water partition coefficient (Wildman–Crippen LogP) is 1.06. The Balaban J connectivity index is 1.92. The highest BCUT2D eigenvalue weighted by molar-refractivity contribution is 6.05. The van der Waals surface area contributed by atoms with Crippen molar-refractivity contribution in [2.45, 2.75) is 18.6 Å². The van der Waals surface area contributed by atoms with E-state index in [1.807, 2.05) is 0 Å². The number of aromatic hydroxyl groups is 4.